The van der Waals surface area contributed by atoms with E-state index in [1.165, 1.54) is 24.0 Å². The first-order chi connectivity index (χ1) is 10.6. The van der Waals surface area contributed by atoms with Gasteiger partial charge in [0.1, 0.15) is 0 Å². The Morgan fingerprint density at radius 1 is 1.32 bits per heavy atom. The molecule has 22 heavy (non-hydrogen) atoms. The molecule has 1 fully saturated rings. The lowest BCUT2D eigenvalue weighted by Gasteiger charge is -2.09. The van der Waals surface area contributed by atoms with Crippen LogP contribution in [-0.4, -0.2) is 12.8 Å². The van der Waals surface area contributed by atoms with E-state index >= 15 is 0 Å². The minimum Gasteiger partial charge on any atom is -0.385 e. The van der Waals surface area contributed by atoms with Crippen molar-refractivity contribution in [1.82, 2.24) is 5.32 Å². The van der Waals surface area contributed by atoms with E-state index < -0.39 is 0 Å². The van der Waals surface area contributed by atoms with Crippen LogP contribution >= 0.6 is 0 Å². The Morgan fingerprint density at radius 3 is 2.68 bits per heavy atom. The van der Waals surface area contributed by atoms with Gasteiger partial charge in [0.05, 0.1) is 5.70 Å². The molecule has 0 saturated heterocycles. The lowest BCUT2D eigenvalue weighted by atomic mass is 10.0. The van der Waals surface area contributed by atoms with E-state index in [1.807, 2.05) is 19.2 Å². The molecule has 1 saturated carbocycles. The van der Waals surface area contributed by atoms with Gasteiger partial charge in [-0.25, -0.2) is 0 Å². The van der Waals surface area contributed by atoms with Gasteiger partial charge in [-0.3, -0.25) is 4.99 Å². The number of aliphatic imine (C=N–C) groups is 1. The molecule has 116 valence electrons. The molecule has 0 aliphatic heterocycles. The summed E-state index contributed by atoms with van der Waals surface area (Å²) in [5, 5.41) is 3.38. The minimum absolute atomic E-state index is 0.856. The van der Waals surface area contributed by atoms with Crippen LogP contribution in [-0.2, 0) is 0 Å². The van der Waals surface area contributed by atoms with Crippen LogP contribution in [0.1, 0.15) is 37.8 Å². The number of benzene rings is 1. The van der Waals surface area contributed by atoms with Crippen molar-refractivity contribution in [1.29, 1.82) is 0 Å². The van der Waals surface area contributed by atoms with Crippen LogP contribution in [0.2, 0.25) is 0 Å². The third-order valence-electron chi connectivity index (χ3n) is 3.88. The number of allylic oxidation sites excluding steroid dienone is 3. The second kappa shape index (κ2) is 7.79. The fraction of sp³-hybridized carbons (Fsp3) is 0.350. The fourth-order valence-electron chi connectivity index (χ4n) is 2.31. The van der Waals surface area contributed by atoms with E-state index in [2.05, 4.69) is 61.1 Å². The summed E-state index contributed by atoms with van der Waals surface area (Å²) in [6.07, 6.45) is 8.69. The number of aryl methyl sites for hydroxylation is 1. The zero-order chi connectivity index (χ0) is 15.9. The van der Waals surface area contributed by atoms with Gasteiger partial charge in [0, 0.05) is 24.0 Å². The van der Waals surface area contributed by atoms with Crippen molar-refractivity contribution in [3.05, 3.63) is 65.4 Å². The van der Waals surface area contributed by atoms with Crippen LogP contribution in [0.5, 0.6) is 0 Å². The van der Waals surface area contributed by atoms with Crippen molar-refractivity contribution < 1.29 is 0 Å². The lowest BCUT2D eigenvalue weighted by molar-refractivity contribution is 0.730. The average molecular weight is 294 g/mol. The summed E-state index contributed by atoms with van der Waals surface area (Å²) in [6.45, 7) is 11.3. The van der Waals surface area contributed by atoms with Crippen LogP contribution in [0, 0.1) is 12.8 Å². The predicted molar refractivity (Wildman–Crippen MR) is 96.9 cm³/mol. The van der Waals surface area contributed by atoms with Crippen LogP contribution < -0.4 is 5.32 Å². The molecule has 0 amide bonds. The van der Waals surface area contributed by atoms with E-state index in [4.69, 9.17) is 0 Å². The zero-order valence-electron chi connectivity index (χ0n) is 13.9. The van der Waals surface area contributed by atoms with Gasteiger partial charge >= 0.3 is 0 Å². The fourth-order valence-corrected chi connectivity index (χ4v) is 2.31. The Balaban J connectivity index is 2.15. The Bertz CT molecular complexity index is 616. The lowest BCUT2D eigenvalue weighted by Crippen LogP contribution is -2.13. The van der Waals surface area contributed by atoms with Gasteiger partial charge in [0.2, 0.25) is 0 Å². The number of rotatable bonds is 7. The van der Waals surface area contributed by atoms with Crippen molar-refractivity contribution in [3.8, 4) is 0 Å². The normalized spacial score (nSPS) is 16.1. The Hall–Kier alpha value is -2.09. The smallest absolute Gasteiger partial charge is 0.0729 e. The first kappa shape index (κ1) is 16.3. The molecule has 2 rings (SSSR count). The first-order valence-electron chi connectivity index (χ1n) is 7.98. The monoisotopic (exact) mass is 294 g/mol. The number of nitrogens with one attached hydrogen (secondary N) is 1. The molecule has 0 radical (unpaired) electrons. The van der Waals surface area contributed by atoms with Gasteiger partial charge < -0.3 is 5.32 Å². The summed E-state index contributed by atoms with van der Waals surface area (Å²) >= 11 is 0. The number of hydrogen-bond donors (Lipinski definition) is 1. The summed E-state index contributed by atoms with van der Waals surface area (Å²) in [7, 11) is 0. The highest BCUT2D eigenvalue weighted by atomic mass is 14.9. The van der Waals surface area contributed by atoms with Gasteiger partial charge in [-0.05, 0) is 56.7 Å². The second-order valence-electron chi connectivity index (χ2n) is 5.92. The molecule has 0 bridgehead atoms. The maximum atomic E-state index is 4.57. The average Bonchev–Trinajstić information content (AvgIpc) is 3.33. The van der Waals surface area contributed by atoms with Gasteiger partial charge in [0.15, 0.2) is 0 Å². The largest absolute Gasteiger partial charge is 0.385 e. The molecule has 0 spiro atoms. The molecule has 0 atom stereocenters. The van der Waals surface area contributed by atoms with Crippen LogP contribution in [0.4, 0.5) is 0 Å². The molecule has 2 heteroatoms. The quantitative estimate of drug-likeness (QED) is 0.562. The second-order valence-corrected chi connectivity index (χ2v) is 5.92. The Labute approximate surface area is 134 Å². The van der Waals surface area contributed by atoms with Gasteiger partial charge in [-0.2, -0.15) is 0 Å². The number of nitrogens with zero attached hydrogens (tertiary/aromatic N) is 1. The molecule has 0 aromatic heterocycles. The standard InChI is InChI=1S/C20H26N2/c1-5-21-20(19-9-7-6-8-15(19)2)16(3)10-11-17(4)22-14-18-12-13-18/h5-11,18,22H,4,12-14H2,1-3H3/b11-10+,20-16+,21-5?. The summed E-state index contributed by atoms with van der Waals surface area (Å²) in [6, 6.07) is 8.35. The van der Waals surface area contributed by atoms with Crippen LogP contribution in [0.15, 0.2) is 59.3 Å². The summed E-state index contributed by atoms with van der Waals surface area (Å²) in [5.74, 6) is 0.856. The van der Waals surface area contributed by atoms with Gasteiger partial charge in [-0.15, -0.1) is 0 Å². The van der Waals surface area contributed by atoms with Gasteiger partial charge in [-0.1, -0.05) is 36.9 Å². The molecule has 1 aliphatic carbocycles. The minimum atomic E-state index is 0.856. The maximum Gasteiger partial charge on any atom is 0.0729 e. The molecule has 1 aliphatic rings. The van der Waals surface area contributed by atoms with E-state index in [0.29, 0.717) is 0 Å². The summed E-state index contributed by atoms with van der Waals surface area (Å²) in [5.41, 5.74) is 5.55. The van der Waals surface area contributed by atoms with Crippen LogP contribution in [0.3, 0.4) is 0 Å². The van der Waals surface area contributed by atoms with Crippen molar-refractivity contribution in [2.75, 3.05) is 6.54 Å². The third-order valence-corrected chi connectivity index (χ3v) is 3.88. The van der Waals surface area contributed by atoms with E-state index in [-0.39, 0.29) is 0 Å². The molecule has 1 aromatic carbocycles. The topological polar surface area (TPSA) is 24.4 Å². The van der Waals surface area contributed by atoms with Crippen molar-refractivity contribution in [2.45, 2.75) is 33.6 Å². The highest BCUT2D eigenvalue weighted by Gasteiger charge is 2.20. The molecular formula is C20H26N2. The SMILES string of the molecule is C=C(/C=C/C(C)=C(/N=CC)c1ccccc1C)NCC1CC1. The molecule has 0 heterocycles. The molecule has 1 N–H and O–H groups in total. The predicted octanol–water partition coefficient (Wildman–Crippen LogP) is 4.89. The zero-order valence-corrected chi connectivity index (χ0v) is 13.9. The maximum absolute atomic E-state index is 4.57. The van der Waals surface area contributed by atoms with Crippen molar-refractivity contribution in [2.24, 2.45) is 10.9 Å². The number of hydrogen-bond acceptors (Lipinski definition) is 2. The molecule has 1 aromatic rings. The molecular weight excluding hydrogens is 268 g/mol. The third kappa shape index (κ3) is 4.73. The first-order valence-corrected chi connectivity index (χ1v) is 7.98. The van der Waals surface area contributed by atoms with Crippen molar-refractivity contribution in [3.63, 3.8) is 0 Å². The van der Waals surface area contributed by atoms with Crippen molar-refractivity contribution >= 4 is 11.9 Å². The highest BCUT2D eigenvalue weighted by Crippen LogP contribution is 2.28. The van der Waals surface area contributed by atoms with E-state index in [9.17, 15) is 0 Å². The summed E-state index contributed by atoms with van der Waals surface area (Å²) in [4.78, 5) is 4.57. The Kier molecular flexibility index (Phi) is 5.76. The molecule has 0 unspecified atom stereocenters. The summed E-state index contributed by atoms with van der Waals surface area (Å²) < 4.78 is 0. The van der Waals surface area contributed by atoms with E-state index in [0.717, 1.165) is 29.4 Å². The van der Waals surface area contributed by atoms with E-state index in [1.54, 1.807) is 0 Å². The highest BCUT2D eigenvalue weighted by molar-refractivity contribution is 5.77. The van der Waals surface area contributed by atoms with Gasteiger partial charge in [0.25, 0.3) is 0 Å². The molecule has 2 nitrogen and oxygen atoms in total. The van der Waals surface area contributed by atoms with Crippen LogP contribution in [0.25, 0.3) is 5.70 Å². The Morgan fingerprint density at radius 2 is 2.05 bits per heavy atom.